The zero-order valence-electron chi connectivity index (χ0n) is 18.1. The number of carbonyl (C=O) groups is 1. The molecule has 0 spiro atoms. The number of aromatic amines is 1. The summed E-state index contributed by atoms with van der Waals surface area (Å²) in [5.41, 5.74) is 5.03. The summed E-state index contributed by atoms with van der Waals surface area (Å²) in [6, 6.07) is 13.6. The standard InChI is InChI=1S/C24H25N5O3/c1-3-32-22-21-20(27-24(28-22)29-11-9-25-10-12-29)18-8-7-16(14-19(18)26-21)15-5-4-6-17(13-15)23(30)31-2/h4-8,13-14,25-26H,3,9-12H2,1-2H3. The van der Waals surface area contributed by atoms with Gasteiger partial charge in [-0.15, -0.1) is 0 Å². The summed E-state index contributed by atoms with van der Waals surface area (Å²) in [5, 5.41) is 4.37. The van der Waals surface area contributed by atoms with Crippen LogP contribution in [0.2, 0.25) is 0 Å². The van der Waals surface area contributed by atoms with Gasteiger partial charge in [0.05, 0.1) is 19.3 Å². The molecule has 0 atom stereocenters. The number of hydrogen-bond acceptors (Lipinski definition) is 7. The van der Waals surface area contributed by atoms with Crippen LogP contribution in [0.3, 0.4) is 0 Å². The third-order valence-corrected chi connectivity index (χ3v) is 5.70. The van der Waals surface area contributed by atoms with Crippen molar-refractivity contribution in [3.05, 3.63) is 48.0 Å². The van der Waals surface area contributed by atoms with Crippen LogP contribution in [0.4, 0.5) is 5.95 Å². The minimum atomic E-state index is -0.351. The molecule has 0 aliphatic carbocycles. The molecule has 4 aromatic rings. The van der Waals surface area contributed by atoms with Gasteiger partial charge in [0.2, 0.25) is 11.8 Å². The molecule has 1 fully saturated rings. The van der Waals surface area contributed by atoms with Gasteiger partial charge in [-0.25, -0.2) is 9.78 Å². The molecular weight excluding hydrogens is 406 g/mol. The highest BCUT2D eigenvalue weighted by Crippen LogP contribution is 2.34. The van der Waals surface area contributed by atoms with Crippen molar-refractivity contribution in [3.63, 3.8) is 0 Å². The lowest BCUT2D eigenvalue weighted by Crippen LogP contribution is -2.44. The maximum Gasteiger partial charge on any atom is 0.337 e. The molecule has 0 amide bonds. The number of nitrogens with zero attached hydrogens (tertiary/aromatic N) is 3. The highest BCUT2D eigenvalue weighted by molar-refractivity contribution is 6.08. The van der Waals surface area contributed by atoms with Crippen molar-refractivity contribution in [2.24, 2.45) is 0 Å². The zero-order chi connectivity index (χ0) is 22.1. The van der Waals surface area contributed by atoms with Gasteiger partial charge < -0.3 is 24.7 Å². The van der Waals surface area contributed by atoms with Crippen molar-refractivity contribution in [3.8, 4) is 17.0 Å². The lowest BCUT2D eigenvalue weighted by atomic mass is 10.0. The molecule has 8 heteroatoms. The van der Waals surface area contributed by atoms with E-state index in [4.69, 9.17) is 19.4 Å². The van der Waals surface area contributed by atoms with E-state index < -0.39 is 0 Å². The number of fused-ring (bicyclic) bond motifs is 3. The van der Waals surface area contributed by atoms with Gasteiger partial charge in [-0.05, 0) is 36.2 Å². The van der Waals surface area contributed by atoms with Crippen LogP contribution in [0.1, 0.15) is 17.3 Å². The highest BCUT2D eigenvalue weighted by atomic mass is 16.5. The fourth-order valence-corrected chi connectivity index (χ4v) is 4.10. The molecule has 0 saturated carbocycles. The van der Waals surface area contributed by atoms with E-state index in [2.05, 4.69) is 27.3 Å². The summed E-state index contributed by atoms with van der Waals surface area (Å²) in [5.74, 6) is 0.908. The maximum atomic E-state index is 11.9. The fourth-order valence-electron chi connectivity index (χ4n) is 4.10. The molecule has 2 N–H and O–H groups in total. The Bertz CT molecular complexity index is 1290. The zero-order valence-corrected chi connectivity index (χ0v) is 18.1. The van der Waals surface area contributed by atoms with Crippen molar-refractivity contribution in [2.75, 3.05) is 44.8 Å². The highest BCUT2D eigenvalue weighted by Gasteiger charge is 2.20. The van der Waals surface area contributed by atoms with Crippen LogP contribution in [-0.4, -0.2) is 60.8 Å². The molecule has 0 radical (unpaired) electrons. The van der Waals surface area contributed by atoms with Crippen LogP contribution < -0.4 is 15.0 Å². The molecule has 164 valence electrons. The number of hydrogen-bond donors (Lipinski definition) is 2. The number of benzene rings is 2. The number of ether oxygens (including phenoxy) is 2. The number of carbonyl (C=O) groups excluding carboxylic acids is 1. The first-order chi connectivity index (χ1) is 15.7. The van der Waals surface area contributed by atoms with Gasteiger partial charge in [0, 0.05) is 37.1 Å². The molecule has 1 saturated heterocycles. The topological polar surface area (TPSA) is 92.4 Å². The van der Waals surface area contributed by atoms with E-state index in [1.165, 1.54) is 7.11 Å². The number of piperazine rings is 1. The molecule has 1 aliphatic heterocycles. The number of nitrogens with one attached hydrogen (secondary N) is 2. The Morgan fingerprint density at radius 2 is 1.91 bits per heavy atom. The number of aromatic nitrogens is 3. The third-order valence-electron chi connectivity index (χ3n) is 5.70. The van der Waals surface area contributed by atoms with Crippen molar-refractivity contribution in [2.45, 2.75) is 6.92 Å². The van der Waals surface area contributed by atoms with Crippen molar-refractivity contribution in [1.29, 1.82) is 0 Å². The first-order valence-corrected chi connectivity index (χ1v) is 10.8. The predicted molar refractivity (Wildman–Crippen MR) is 124 cm³/mol. The number of methoxy groups -OCH3 is 1. The Kier molecular flexibility index (Phi) is 5.36. The fraction of sp³-hybridized carbons (Fsp3) is 0.292. The van der Waals surface area contributed by atoms with Gasteiger partial charge in [0.15, 0.2) is 0 Å². The van der Waals surface area contributed by atoms with Gasteiger partial charge in [-0.2, -0.15) is 4.98 Å². The normalized spacial score (nSPS) is 14.1. The van der Waals surface area contributed by atoms with Gasteiger partial charge in [0.25, 0.3) is 0 Å². The largest absolute Gasteiger partial charge is 0.476 e. The van der Waals surface area contributed by atoms with Crippen molar-refractivity contribution < 1.29 is 14.3 Å². The third kappa shape index (κ3) is 3.62. The van der Waals surface area contributed by atoms with Crippen LogP contribution in [-0.2, 0) is 4.74 Å². The van der Waals surface area contributed by atoms with Gasteiger partial charge in [0.1, 0.15) is 11.0 Å². The van der Waals surface area contributed by atoms with Crippen LogP contribution in [0.25, 0.3) is 33.1 Å². The van der Waals surface area contributed by atoms with Gasteiger partial charge >= 0.3 is 5.97 Å². The lowest BCUT2D eigenvalue weighted by Gasteiger charge is -2.27. The lowest BCUT2D eigenvalue weighted by molar-refractivity contribution is 0.0601. The molecule has 2 aromatic carbocycles. The van der Waals surface area contributed by atoms with Crippen LogP contribution in [0.15, 0.2) is 42.5 Å². The minimum Gasteiger partial charge on any atom is -0.476 e. The quantitative estimate of drug-likeness (QED) is 0.468. The van der Waals surface area contributed by atoms with E-state index in [1.54, 1.807) is 6.07 Å². The summed E-state index contributed by atoms with van der Waals surface area (Å²) in [6.45, 7) is 6.02. The second-order valence-electron chi connectivity index (χ2n) is 7.68. The molecule has 2 aromatic heterocycles. The van der Waals surface area contributed by atoms with Crippen molar-refractivity contribution >= 4 is 33.9 Å². The summed E-state index contributed by atoms with van der Waals surface area (Å²) in [6.07, 6.45) is 0. The second-order valence-corrected chi connectivity index (χ2v) is 7.68. The Morgan fingerprint density at radius 3 is 2.69 bits per heavy atom. The molecule has 3 heterocycles. The molecular formula is C24H25N5O3. The molecule has 5 rings (SSSR count). The Labute approximate surface area is 185 Å². The Morgan fingerprint density at radius 1 is 1.09 bits per heavy atom. The van der Waals surface area contributed by atoms with E-state index in [9.17, 15) is 4.79 Å². The summed E-state index contributed by atoms with van der Waals surface area (Å²) in [7, 11) is 1.39. The first-order valence-electron chi connectivity index (χ1n) is 10.8. The number of rotatable bonds is 5. The van der Waals surface area contributed by atoms with Gasteiger partial charge in [-0.1, -0.05) is 24.3 Å². The van der Waals surface area contributed by atoms with Gasteiger partial charge in [-0.3, -0.25) is 0 Å². The van der Waals surface area contributed by atoms with E-state index >= 15 is 0 Å². The molecule has 0 bridgehead atoms. The molecule has 32 heavy (non-hydrogen) atoms. The van der Waals surface area contributed by atoms with E-state index in [0.29, 0.717) is 24.0 Å². The molecule has 1 aliphatic rings. The number of H-pyrrole nitrogens is 1. The van der Waals surface area contributed by atoms with Crippen LogP contribution in [0.5, 0.6) is 5.88 Å². The SMILES string of the molecule is CCOc1nc(N2CCNCC2)nc2c1[nH]c1cc(-c3cccc(C(=O)OC)c3)ccc12. The summed E-state index contributed by atoms with van der Waals surface area (Å²) < 4.78 is 10.7. The monoisotopic (exact) mass is 431 g/mol. The van der Waals surface area contributed by atoms with Crippen LogP contribution >= 0.6 is 0 Å². The van der Waals surface area contributed by atoms with E-state index in [1.807, 2.05) is 31.2 Å². The minimum absolute atomic E-state index is 0.351. The smallest absolute Gasteiger partial charge is 0.337 e. The first kappa shape index (κ1) is 20.3. The maximum absolute atomic E-state index is 11.9. The average Bonchev–Trinajstić information content (AvgIpc) is 3.22. The van der Waals surface area contributed by atoms with E-state index in [-0.39, 0.29) is 5.97 Å². The van der Waals surface area contributed by atoms with E-state index in [0.717, 1.165) is 59.2 Å². The predicted octanol–water partition coefficient (Wildman–Crippen LogP) is 3.37. The van der Waals surface area contributed by atoms with Crippen molar-refractivity contribution in [1.82, 2.24) is 20.3 Å². The average molecular weight is 431 g/mol. The number of esters is 1. The Balaban J connectivity index is 1.62. The Hall–Kier alpha value is -3.65. The molecule has 0 unspecified atom stereocenters. The number of anilines is 1. The summed E-state index contributed by atoms with van der Waals surface area (Å²) in [4.78, 5) is 27.2. The molecule has 8 nitrogen and oxygen atoms in total. The summed E-state index contributed by atoms with van der Waals surface area (Å²) >= 11 is 0. The second kappa shape index (κ2) is 8.47. The van der Waals surface area contributed by atoms with Crippen LogP contribution in [0, 0.1) is 0 Å².